The van der Waals surface area contributed by atoms with Gasteiger partial charge in [-0.1, -0.05) is 18.2 Å². The number of rotatable bonds is 6. The molecule has 12 heteroatoms. The Balaban J connectivity index is 1.44. The van der Waals surface area contributed by atoms with Crippen molar-refractivity contribution in [2.75, 3.05) is 6.26 Å². The highest BCUT2D eigenvalue weighted by atomic mass is 32.2. The molecule has 9 nitrogen and oxygen atoms in total. The average Bonchev–Trinajstić information content (AvgIpc) is 3.44. The zero-order chi connectivity index (χ0) is 25.6. The van der Waals surface area contributed by atoms with Crippen molar-refractivity contribution in [3.63, 3.8) is 0 Å². The SMILES string of the molecule is Cn1c(=O)n(Cc2ccc(-c3nnc(C(F)F)o3)cn2)c2ccc(-c3ccc(S(C)(=O)=O)cc3)cc21. The van der Waals surface area contributed by atoms with Crippen molar-refractivity contribution in [3.05, 3.63) is 82.9 Å². The average molecular weight is 512 g/mol. The molecular weight excluding hydrogens is 492 g/mol. The van der Waals surface area contributed by atoms with E-state index in [4.69, 9.17) is 4.42 Å². The van der Waals surface area contributed by atoms with E-state index in [9.17, 15) is 22.0 Å². The molecule has 0 aliphatic carbocycles. The second-order valence-corrected chi connectivity index (χ2v) is 10.2. The van der Waals surface area contributed by atoms with Gasteiger partial charge in [0.2, 0.25) is 5.89 Å². The Morgan fingerprint density at radius 2 is 1.64 bits per heavy atom. The van der Waals surface area contributed by atoms with E-state index in [1.807, 2.05) is 18.2 Å². The maximum absolute atomic E-state index is 13.0. The van der Waals surface area contributed by atoms with Crippen LogP contribution in [0.15, 0.2) is 74.9 Å². The molecule has 0 atom stereocenters. The van der Waals surface area contributed by atoms with E-state index in [0.717, 1.165) is 17.4 Å². The van der Waals surface area contributed by atoms with E-state index < -0.39 is 22.2 Å². The van der Waals surface area contributed by atoms with Crippen molar-refractivity contribution in [1.29, 1.82) is 0 Å². The number of imidazole rings is 1. The highest BCUT2D eigenvalue weighted by Gasteiger charge is 2.18. The van der Waals surface area contributed by atoms with Crippen molar-refractivity contribution >= 4 is 20.9 Å². The van der Waals surface area contributed by atoms with Crippen molar-refractivity contribution in [2.24, 2.45) is 7.05 Å². The Hall–Kier alpha value is -4.19. The minimum absolute atomic E-state index is 0.0659. The summed E-state index contributed by atoms with van der Waals surface area (Å²) in [5, 5.41) is 6.91. The number of aryl methyl sites for hydroxylation is 1. The number of pyridine rings is 1. The lowest BCUT2D eigenvalue weighted by molar-refractivity contribution is 0.116. The van der Waals surface area contributed by atoms with Gasteiger partial charge in [0.25, 0.3) is 5.89 Å². The Morgan fingerprint density at radius 1 is 0.944 bits per heavy atom. The molecule has 0 bridgehead atoms. The molecule has 5 rings (SSSR count). The number of benzene rings is 2. The molecule has 0 saturated carbocycles. The first-order valence-electron chi connectivity index (χ1n) is 10.7. The summed E-state index contributed by atoms with van der Waals surface area (Å²) in [5.41, 5.74) is 3.77. The molecule has 184 valence electrons. The van der Waals surface area contributed by atoms with Gasteiger partial charge in [0, 0.05) is 19.5 Å². The van der Waals surface area contributed by atoms with Gasteiger partial charge in [-0.2, -0.15) is 8.78 Å². The predicted molar refractivity (Wildman–Crippen MR) is 127 cm³/mol. The molecular formula is C24H19F2N5O4S. The van der Waals surface area contributed by atoms with Crippen molar-refractivity contribution in [1.82, 2.24) is 24.3 Å². The van der Waals surface area contributed by atoms with E-state index in [0.29, 0.717) is 22.3 Å². The fourth-order valence-corrected chi connectivity index (χ4v) is 4.51. The summed E-state index contributed by atoms with van der Waals surface area (Å²) < 4.78 is 56.9. The maximum Gasteiger partial charge on any atom is 0.329 e. The van der Waals surface area contributed by atoms with Crippen LogP contribution in [0.25, 0.3) is 33.6 Å². The van der Waals surface area contributed by atoms with Gasteiger partial charge in [0.05, 0.1) is 33.7 Å². The molecule has 0 saturated heterocycles. The number of sulfone groups is 1. The first-order valence-corrected chi connectivity index (χ1v) is 12.6. The van der Waals surface area contributed by atoms with E-state index in [-0.39, 0.29) is 23.0 Å². The summed E-state index contributed by atoms with van der Waals surface area (Å²) in [4.78, 5) is 17.5. The number of hydrogen-bond acceptors (Lipinski definition) is 7. The molecule has 0 N–H and O–H groups in total. The van der Waals surface area contributed by atoms with Crippen LogP contribution in [-0.4, -0.2) is 39.0 Å². The van der Waals surface area contributed by atoms with Gasteiger partial charge in [-0.05, 0) is 47.5 Å². The highest BCUT2D eigenvalue weighted by molar-refractivity contribution is 7.90. The Bertz CT molecular complexity index is 1740. The summed E-state index contributed by atoms with van der Waals surface area (Å²) in [6.07, 6.45) is -0.278. The van der Waals surface area contributed by atoms with Crippen molar-refractivity contribution in [2.45, 2.75) is 17.9 Å². The molecule has 3 heterocycles. The van der Waals surface area contributed by atoms with Crippen LogP contribution in [0.1, 0.15) is 18.0 Å². The van der Waals surface area contributed by atoms with Crippen LogP contribution in [0.5, 0.6) is 0 Å². The predicted octanol–water partition coefficient (Wildman–Crippen LogP) is 3.84. The zero-order valence-corrected chi connectivity index (χ0v) is 19.9. The smallest absolute Gasteiger partial charge is 0.329 e. The summed E-state index contributed by atoms with van der Waals surface area (Å²) in [6.45, 7) is 0.185. The van der Waals surface area contributed by atoms with Crippen LogP contribution < -0.4 is 5.69 Å². The number of fused-ring (bicyclic) bond motifs is 1. The van der Waals surface area contributed by atoms with Crippen LogP contribution in [0, 0.1) is 0 Å². The number of halogens is 2. The largest absolute Gasteiger partial charge is 0.415 e. The molecule has 0 aliphatic rings. The molecule has 0 aliphatic heterocycles. The minimum atomic E-state index is -3.29. The lowest BCUT2D eigenvalue weighted by Crippen LogP contribution is -2.23. The Labute approximate surface area is 203 Å². The maximum atomic E-state index is 13.0. The normalized spacial score (nSPS) is 12.0. The zero-order valence-electron chi connectivity index (χ0n) is 19.1. The number of hydrogen-bond donors (Lipinski definition) is 0. The topological polar surface area (TPSA) is 113 Å². The molecule has 2 aromatic carbocycles. The lowest BCUT2D eigenvalue weighted by Gasteiger charge is -2.06. The van der Waals surface area contributed by atoms with Gasteiger partial charge >= 0.3 is 12.1 Å². The van der Waals surface area contributed by atoms with Crippen molar-refractivity contribution < 1.29 is 21.6 Å². The second kappa shape index (κ2) is 8.79. The van der Waals surface area contributed by atoms with Gasteiger partial charge in [-0.25, -0.2) is 13.2 Å². The van der Waals surface area contributed by atoms with Crippen LogP contribution >= 0.6 is 0 Å². The van der Waals surface area contributed by atoms with Crippen molar-refractivity contribution in [3.8, 4) is 22.6 Å². The van der Waals surface area contributed by atoms with E-state index in [1.54, 1.807) is 48.0 Å². The fraction of sp³-hybridized carbons (Fsp3) is 0.167. The standard InChI is InChI=1S/C24H19F2N5O4S/c1-30-20-11-15(14-4-8-18(9-5-14)36(2,33)34)6-10-19(20)31(24(30)32)13-17-7-3-16(12-27-17)22-28-29-23(35-22)21(25)26/h3-12,21H,13H2,1-2H3. The molecule has 36 heavy (non-hydrogen) atoms. The first kappa shape index (κ1) is 23.5. The van der Waals surface area contributed by atoms with Gasteiger partial charge in [0.1, 0.15) is 0 Å². The van der Waals surface area contributed by atoms with Gasteiger partial charge < -0.3 is 4.42 Å². The third-order valence-electron chi connectivity index (χ3n) is 5.78. The van der Waals surface area contributed by atoms with Crippen LogP contribution in [0.2, 0.25) is 0 Å². The Kier molecular flexibility index (Phi) is 5.75. The van der Waals surface area contributed by atoms with Crippen LogP contribution in [0.4, 0.5) is 8.78 Å². The minimum Gasteiger partial charge on any atom is -0.415 e. The number of nitrogens with zero attached hydrogens (tertiary/aromatic N) is 5. The Morgan fingerprint density at radius 3 is 2.25 bits per heavy atom. The number of alkyl halides is 2. The molecule has 0 radical (unpaired) electrons. The molecule has 0 unspecified atom stereocenters. The summed E-state index contributed by atoms with van der Waals surface area (Å²) in [7, 11) is -1.62. The third kappa shape index (κ3) is 4.31. The van der Waals surface area contributed by atoms with Gasteiger partial charge in [-0.15, -0.1) is 10.2 Å². The molecule has 3 aromatic heterocycles. The van der Waals surface area contributed by atoms with Gasteiger partial charge in [-0.3, -0.25) is 14.1 Å². The molecule has 0 spiro atoms. The van der Waals surface area contributed by atoms with E-state index >= 15 is 0 Å². The monoisotopic (exact) mass is 511 g/mol. The van der Waals surface area contributed by atoms with E-state index in [1.165, 1.54) is 10.8 Å². The van der Waals surface area contributed by atoms with Crippen LogP contribution in [-0.2, 0) is 23.4 Å². The summed E-state index contributed by atoms with van der Waals surface area (Å²) in [6, 6.07) is 15.4. The summed E-state index contributed by atoms with van der Waals surface area (Å²) >= 11 is 0. The molecule has 0 fully saturated rings. The highest BCUT2D eigenvalue weighted by Crippen LogP contribution is 2.26. The first-order chi connectivity index (χ1) is 17.1. The third-order valence-corrected chi connectivity index (χ3v) is 6.91. The van der Waals surface area contributed by atoms with E-state index in [2.05, 4.69) is 15.2 Å². The van der Waals surface area contributed by atoms with Gasteiger partial charge in [0.15, 0.2) is 9.84 Å². The lowest BCUT2D eigenvalue weighted by atomic mass is 10.1. The summed E-state index contributed by atoms with van der Waals surface area (Å²) in [5.74, 6) is -0.828. The quantitative estimate of drug-likeness (QED) is 0.340. The number of aromatic nitrogens is 5. The molecule has 5 aromatic rings. The molecule has 0 amide bonds. The fourth-order valence-electron chi connectivity index (χ4n) is 3.88. The van der Waals surface area contributed by atoms with Crippen LogP contribution in [0.3, 0.4) is 0 Å². The second-order valence-electron chi connectivity index (χ2n) is 8.21.